The van der Waals surface area contributed by atoms with E-state index in [0.717, 1.165) is 0 Å². The molecule has 0 bridgehead atoms. The summed E-state index contributed by atoms with van der Waals surface area (Å²) in [6.07, 6.45) is 1.67. The second-order valence-corrected chi connectivity index (χ2v) is 1.60. The summed E-state index contributed by atoms with van der Waals surface area (Å²) in [5.74, 6) is 0. The molecule has 0 saturated heterocycles. The molecular weight excluding hydrogens is 112 g/mol. The molecule has 0 amide bonds. The van der Waals surface area contributed by atoms with Gasteiger partial charge in [-0.25, -0.2) is 0 Å². The second-order valence-electron chi connectivity index (χ2n) is 1.24. The van der Waals surface area contributed by atoms with Crippen LogP contribution in [0.4, 0.5) is 0 Å². The molecule has 2 nitrogen and oxygen atoms in total. The van der Waals surface area contributed by atoms with Crippen LogP contribution in [0, 0.1) is 6.07 Å². The summed E-state index contributed by atoms with van der Waals surface area (Å²) in [5.41, 5.74) is 0. The molecule has 3 heteroatoms. The summed E-state index contributed by atoms with van der Waals surface area (Å²) < 4.78 is 1.60. The maximum Gasteiger partial charge on any atom is 0.159 e. The van der Waals surface area contributed by atoms with E-state index < -0.39 is 0 Å². The molecule has 0 aliphatic rings. The van der Waals surface area contributed by atoms with Gasteiger partial charge < -0.3 is 0 Å². The Hall–Kier alpha value is -0.500. The van der Waals surface area contributed by atoms with E-state index in [2.05, 4.69) is 11.2 Å². The molecule has 0 spiro atoms. The molecule has 0 unspecified atom stereocenters. The van der Waals surface area contributed by atoms with E-state index in [1.54, 1.807) is 17.9 Å². The highest BCUT2D eigenvalue weighted by Crippen LogP contribution is 1.98. The largest absolute Gasteiger partial charge is 0.274 e. The summed E-state index contributed by atoms with van der Waals surface area (Å²) in [4.78, 5) is 0. The summed E-state index contributed by atoms with van der Waals surface area (Å²) in [7, 11) is 1.79. The van der Waals surface area contributed by atoms with E-state index in [1.165, 1.54) is 0 Å². The van der Waals surface area contributed by atoms with Crippen LogP contribution in [0.25, 0.3) is 0 Å². The summed E-state index contributed by atoms with van der Waals surface area (Å²) >= 11 is 5.37. The maximum atomic E-state index is 5.37. The molecule has 1 radical (unpaired) electrons. The zero-order valence-electron chi connectivity index (χ0n) is 3.85. The Bertz CT molecular complexity index is 142. The minimum absolute atomic E-state index is 0.419. The zero-order valence-corrected chi connectivity index (χ0v) is 4.61. The van der Waals surface area contributed by atoms with Gasteiger partial charge in [0.2, 0.25) is 0 Å². The number of hydrogen-bond donors (Lipinski definition) is 0. The van der Waals surface area contributed by atoms with Crippen LogP contribution >= 0.6 is 11.6 Å². The van der Waals surface area contributed by atoms with Gasteiger partial charge in [-0.1, -0.05) is 11.6 Å². The van der Waals surface area contributed by atoms with Crippen molar-refractivity contribution in [1.82, 2.24) is 9.78 Å². The van der Waals surface area contributed by atoms with Crippen LogP contribution in [0.3, 0.4) is 0 Å². The molecule has 0 aromatic carbocycles. The molecule has 0 aliphatic carbocycles. The lowest BCUT2D eigenvalue weighted by molar-refractivity contribution is 0.768. The highest BCUT2D eigenvalue weighted by molar-refractivity contribution is 6.29. The molecule has 7 heavy (non-hydrogen) atoms. The van der Waals surface area contributed by atoms with Gasteiger partial charge >= 0.3 is 0 Å². The normalized spacial score (nSPS) is 9.43. The molecule has 0 saturated carbocycles. The molecular formula is C4H4ClN2. The van der Waals surface area contributed by atoms with Gasteiger partial charge in [0.1, 0.15) is 0 Å². The van der Waals surface area contributed by atoms with Gasteiger partial charge in [0.05, 0.1) is 0 Å². The van der Waals surface area contributed by atoms with Gasteiger partial charge in [0, 0.05) is 19.3 Å². The van der Waals surface area contributed by atoms with Gasteiger partial charge in [-0.05, 0) is 0 Å². The Morgan fingerprint density at radius 3 is 2.86 bits per heavy atom. The highest BCUT2D eigenvalue weighted by Gasteiger charge is 1.85. The van der Waals surface area contributed by atoms with Gasteiger partial charge in [-0.3, -0.25) is 4.68 Å². The average Bonchev–Trinajstić information content (AvgIpc) is 1.87. The average molecular weight is 116 g/mol. The number of rotatable bonds is 0. The molecule has 1 heterocycles. The Kier molecular flexibility index (Phi) is 1.02. The van der Waals surface area contributed by atoms with E-state index in [0.29, 0.717) is 5.15 Å². The molecule has 0 fully saturated rings. The smallest absolute Gasteiger partial charge is 0.159 e. The Labute approximate surface area is 46.7 Å². The Morgan fingerprint density at radius 1 is 2.00 bits per heavy atom. The number of hydrogen-bond acceptors (Lipinski definition) is 1. The molecule has 0 atom stereocenters. The Balaban J connectivity index is 3.04. The minimum Gasteiger partial charge on any atom is -0.274 e. The summed E-state index contributed by atoms with van der Waals surface area (Å²) in [6.45, 7) is 0. The maximum absolute atomic E-state index is 5.37. The second kappa shape index (κ2) is 1.54. The van der Waals surface area contributed by atoms with Gasteiger partial charge in [-0.15, -0.1) is 0 Å². The fourth-order valence-corrected chi connectivity index (χ4v) is 0.511. The van der Waals surface area contributed by atoms with Crippen LogP contribution in [-0.2, 0) is 7.05 Å². The van der Waals surface area contributed by atoms with Crippen LogP contribution in [0.2, 0.25) is 5.15 Å². The van der Waals surface area contributed by atoms with E-state index in [1.807, 2.05) is 0 Å². The predicted molar refractivity (Wildman–Crippen MR) is 27.1 cm³/mol. The van der Waals surface area contributed by atoms with Gasteiger partial charge in [-0.2, -0.15) is 5.10 Å². The van der Waals surface area contributed by atoms with Crippen molar-refractivity contribution >= 4 is 11.6 Å². The molecule has 0 N–H and O–H groups in total. The Morgan fingerprint density at radius 2 is 2.71 bits per heavy atom. The standard InChI is InChI=1S/C4H4ClN2/c1-7-3-2-4(5)6-7/h3H,1H3. The molecule has 0 aliphatic heterocycles. The van der Waals surface area contributed by atoms with Crippen LogP contribution in [0.1, 0.15) is 0 Å². The van der Waals surface area contributed by atoms with Crippen molar-refractivity contribution in [1.29, 1.82) is 0 Å². The highest BCUT2D eigenvalue weighted by atomic mass is 35.5. The first kappa shape index (κ1) is 4.65. The first-order valence-corrected chi connectivity index (χ1v) is 2.23. The monoisotopic (exact) mass is 115 g/mol. The molecule has 1 aromatic heterocycles. The van der Waals surface area contributed by atoms with Crippen molar-refractivity contribution in [3.63, 3.8) is 0 Å². The van der Waals surface area contributed by atoms with Crippen molar-refractivity contribution in [2.45, 2.75) is 0 Å². The number of aromatic nitrogens is 2. The molecule has 37 valence electrons. The SMILES string of the molecule is Cn1c[c]c(Cl)n1. The summed E-state index contributed by atoms with van der Waals surface area (Å²) in [5, 5.41) is 4.16. The van der Waals surface area contributed by atoms with Crippen molar-refractivity contribution in [2.24, 2.45) is 7.05 Å². The van der Waals surface area contributed by atoms with E-state index in [4.69, 9.17) is 11.6 Å². The van der Waals surface area contributed by atoms with Crippen LogP contribution < -0.4 is 0 Å². The van der Waals surface area contributed by atoms with Crippen molar-refractivity contribution in [3.8, 4) is 0 Å². The van der Waals surface area contributed by atoms with Crippen LogP contribution in [0.15, 0.2) is 6.20 Å². The van der Waals surface area contributed by atoms with Crippen LogP contribution in [0.5, 0.6) is 0 Å². The molecule has 1 aromatic rings. The number of nitrogens with zero attached hydrogens (tertiary/aromatic N) is 2. The van der Waals surface area contributed by atoms with Crippen molar-refractivity contribution in [2.75, 3.05) is 0 Å². The first-order valence-electron chi connectivity index (χ1n) is 1.86. The van der Waals surface area contributed by atoms with E-state index >= 15 is 0 Å². The number of aryl methyl sites for hydroxylation is 1. The third kappa shape index (κ3) is 0.933. The topological polar surface area (TPSA) is 17.8 Å². The first-order chi connectivity index (χ1) is 3.29. The quantitative estimate of drug-likeness (QED) is 0.491. The fraction of sp³-hybridized carbons (Fsp3) is 0.250. The fourth-order valence-electron chi connectivity index (χ4n) is 0.343. The van der Waals surface area contributed by atoms with E-state index in [9.17, 15) is 0 Å². The van der Waals surface area contributed by atoms with Crippen molar-refractivity contribution < 1.29 is 0 Å². The van der Waals surface area contributed by atoms with Crippen molar-refractivity contribution in [3.05, 3.63) is 17.4 Å². The summed E-state index contributed by atoms with van der Waals surface area (Å²) in [6, 6.07) is 2.69. The zero-order chi connectivity index (χ0) is 5.28. The molecule has 1 rings (SSSR count). The van der Waals surface area contributed by atoms with E-state index in [-0.39, 0.29) is 0 Å². The lowest BCUT2D eigenvalue weighted by Gasteiger charge is -1.78. The minimum atomic E-state index is 0.419. The number of halogens is 1. The third-order valence-corrected chi connectivity index (χ3v) is 0.801. The van der Waals surface area contributed by atoms with Gasteiger partial charge in [0.15, 0.2) is 5.15 Å². The third-order valence-electron chi connectivity index (χ3n) is 0.616. The van der Waals surface area contributed by atoms with Crippen LogP contribution in [-0.4, -0.2) is 9.78 Å². The predicted octanol–water partition coefficient (Wildman–Crippen LogP) is 0.874. The lowest BCUT2D eigenvalue weighted by atomic mass is 10.7. The van der Waals surface area contributed by atoms with Gasteiger partial charge in [0.25, 0.3) is 0 Å². The lowest BCUT2D eigenvalue weighted by Crippen LogP contribution is -1.84.